The molecule has 0 aliphatic heterocycles. The molecule has 0 fully saturated rings. The van der Waals surface area contributed by atoms with E-state index in [4.69, 9.17) is 4.74 Å². The highest BCUT2D eigenvalue weighted by Gasteiger charge is 2.04. The third kappa shape index (κ3) is 10.3. The first-order chi connectivity index (χ1) is 13.7. The zero-order chi connectivity index (χ0) is 20.0. The van der Waals surface area contributed by atoms with Crippen LogP contribution in [0, 0.1) is 0 Å². The highest BCUT2D eigenvalue weighted by Crippen LogP contribution is 2.11. The normalized spacial score (nSPS) is 10.9. The highest BCUT2D eigenvalue weighted by atomic mass is 127. The smallest absolute Gasteiger partial charge is 0.246 e. The number of amides is 1. The van der Waals surface area contributed by atoms with Gasteiger partial charge in [0.15, 0.2) is 5.96 Å². The number of anilines is 1. The lowest BCUT2D eigenvalue weighted by Crippen LogP contribution is -2.38. The molecule has 0 aliphatic rings. The first-order valence-electron chi connectivity index (χ1n) is 9.67. The Kier molecular flexibility index (Phi) is 12.7. The van der Waals surface area contributed by atoms with Crippen molar-refractivity contribution >= 4 is 41.5 Å². The first kappa shape index (κ1) is 24.9. The third-order valence-corrected chi connectivity index (χ3v) is 3.80. The van der Waals surface area contributed by atoms with Gasteiger partial charge in [0, 0.05) is 44.4 Å². The van der Waals surface area contributed by atoms with Crippen molar-refractivity contribution in [1.29, 1.82) is 0 Å². The van der Waals surface area contributed by atoms with Crippen LogP contribution in [0.15, 0.2) is 47.7 Å². The second kappa shape index (κ2) is 14.8. The molecule has 0 bridgehead atoms. The predicted octanol–water partition coefficient (Wildman–Crippen LogP) is 2.62. The van der Waals surface area contributed by atoms with Crippen molar-refractivity contribution in [3.63, 3.8) is 0 Å². The van der Waals surface area contributed by atoms with Gasteiger partial charge < -0.3 is 20.7 Å². The Morgan fingerprint density at radius 3 is 2.83 bits per heavy atom. The van der Waals surface area contributed by atoms with Crippen LogP contribution < -0.4 is 16.0 Å². The lowest BCUT2D eigenvalue weighted by Gasteiger charge is -2.11. The van der Waals surface area contributed by atoms with Crippen molar-refractivity contribution in [3.05, 3.63) is 48.3 Å². The van der Waals surface area contributed by atoms with Crippen molar-refractivity contribution in [2.24, 2.45) is 4.99 Å². The minimum Gasteiger partial charge on any atom is -0.382 e. The third-order valence-electron chi connectivity index (χ3n) is 3.80. The summed E-state index contributed by atoms with van der Waals surface area (Å²) in [6.45, 7) is 7.80. The van der Waals surface area contributed by atoms with Crippen LogP contribution in [0.4, 0.5) is 5.69 Å². The number of nitrogens with one attached hydrogen (secondary N) is 3. The molecular weight excluding hydrogens is 483 g/mol. The van der Waals surface area contributed by atoms with Gasteiger partial charge in [-0.25, -0.2) is 4.99 Å². The van der Waals surface area contributed by atoms with E-state index in [1.54, 1.807) is 23.1 Å². The molecule has 3 N–H and O–H groups in total. The number of rotatable bonds is 11. The van der Waals surface area contributed by atoms with Crippen LogP contribution in [0.2, 0.25) is 0 Å². The average Bonchev–Trinajstić information content (AvgIpc) is 3.19. The van der Waals surface area contributed by atoms with Gasteiger partial charge in [0.25, 0.3) is 0 Å². The highest BCUT2D eigenvalue weighted by molar-refractivity contribution is 14.0. The fraction of sp³-hybridized carbons (Fsp3) is 0.450. The van der Waals surface area contributed by atoms with Gasteiger partial charge in [0.2, 0.25) is 5.91 Å². The summed E-state index contributed by atoms with van der Waals surface area (Å²) in [5, 5.41) is 13.5. The number of benzene rings is 1. The molecule has 160 valence electrons. The van der Waals surface area contributed by atoms with Gasteiger partial charge in [-0.3, -0.25) is 9.48 Å². The molecule has 0 spiro atoms. The SMILES string of the molecule is CCNC(=NCc1cccc(NC(=O)Cn2cccn2)c1)NCCCOCC.I. The Labute approximate surface area is 189 Å². The van der Waals surface area contributed by atoms with E-state index < -0.39 is 0 Å². The molecule has 1 heterocycles. The van der Waals surface area contributed by atoms with Crippen LogP contribution in [0.25, 0.3) is 0 Å². The van der Waals surface area contributed by atoms with Crippen LogP contribution in [-0.4, -0.2) is 48.0 Å². The Balaban J connectivity index is 0.00000420. The van der Waals surface area contributed by atoms with Crippen LogP contribution in [0.1, 0.15) is 25.8 Å². The van der Waals surface area contributed by atoms with E-state index in [0.717, 1.165) is 49.9 Å². The molecule has 2 rings (SSSR count). The monoisotopic (exact) mass is 514 g/mol. The zero-order valence-corrected chi connectivity index (χ0v) is 19.4. The van der Waals surface area contributed by atoms with E-state index in [2.05, 4.69) is 26.0 Å². The molecular formula is C20H31IN6O2. The van der Waals surface area contributed by atoms with E-state index in [1.165, 1.54) is 0 Å². The number of hydrogen-bond donors (Lipinski definition) is 3. The lowest BCUT2D eigenvalue weighted by molar-refractivity contribution is -0.116. The molecule has 1 aromatic carbocycles. The minimum absolute atomic E-state index is 0. The second-order valence-corrected chi connectivity index (χ2v) is 6.12. The number of carbonyl (C=O) groups excluding carboxylic acids is 1. The summed E-state index contributed by atoms with van der Waals surface area (Å²) in [6, 6.07) is 9.50. The number of aliphatic imine (C=N–C) groups is 1. The number of hydrogen-bond acceptors (Lipinski definition) is 4. The number of carbonyl (C=O) groups is 1. The van der Waals surface area contributed by atoms with Crippen molar-refractivity contribution in [2.75, 3.05) is 31.6 Å². The molecule has 0 unspecified atom stereocenters. The Morgan fingerprint density at radius 2 is 2.10 bits per heavy atom. The van der Waals surface area contributed by atoms with Gasteiger partial charge in [-0.05, 0) is 44.0 Å². The molecule has 8 nitrogen and oxygen atoms in total. The van der Waals surface area contributed by atoms with Crippen LogP contribution in [0.3, 0.4) is 0 Å². The van der Waals surface area contributed by atoms with Crippen LogP contribution >= 0.6 is 24.0 Å². The molecule has 29 heavy (non-hydrogen) atoms. The van der Waals surface area contributed by atoms with Gasteiger partial charge in [0.1, 0.15) is 6.54 Å². The molecule has 0 radical (unpaired) electrons. The van der Waals surface area contributed by atoms with Gasteiger partial charge in [0.05, 0.1) is 6.54 Å². The maximum atomic E-state index is 12.1. The van der Waals surface area contributed by atoms with Crippen molar-refractivity contribution in [3.8, 4) is 0 Å². The Hall–Kier alpha value is -2.14. The largest absolute Gasteiger partial charge is 0.382 e. The Morgan fingerprint density at radius 1 is 1.24 bits per heavy atom. The standard InChI is InChI=1S/C20H30N6O2.HI/c1-3-21-20(22-10-7-13-28-4-2)23-15-17-8-5-9-18(14-17)25-19(27)16-26-12-6-11-24-26;/h5-6,8-9,11-12,14H,3-4,7,10,13,15-16H2,1-2H3,(H,25,27)(H2,21,22,23);1H. The second-order valence-electron chi connectivity index (χ2n) is 6.12. The topological polar surface area (TPSA) is 92.6 Å². The fourth-order valence-corrected chi connectivity index (χ4v) is 2.53. The molecule has 9 heteroatoms. The average molecular weight is 514 g/mol. The van der Waals surface area contributed by atoms with Gasteiger partial charge in [-0.2, -0.15) is 5.10 Å². The van der Waals surface area contributed by atoms with E-state index in [9.17, 15) is 4.79 Å². The van der Waals surface area contributed by atoms with E-state index in [0.29, 0.717) is 6.54 Å². The van der Waals surface area contributed by atoms with Gasteiger partial charge in [-0.15, -0.1) is 24.0 Å². The summed E-state index contributed by atoms with van der Waals surface area (Å²) in [5.41, 5.74) is 1.77. The number of aromatic nitrogens is 2. The van der Waals surface area contributed by atoms with Gasteiger partial charge in [-0.1, -0.05) is 12.1 Å². The first-order valence-corrected chi connectivity index (χ1v) is 9.67. The summed E-state index contributed by atoms with van der Waals surface area (Å²) in [5.74, 6) is 0.653. The zero-order valence-electron chi connectivity index (χ0n) is 17.1. The molecule has 0 saturated heterocycles. The van der Waals surface area contributed by atoms with Crippen molar-refractivity contribution in [2.45, 2.75) is 33.4 Å². The summed E-state index contributed by atoms with van der Waals surface area (Å²) >= 11 is 0. The fourth-order valence-electron chi connectivity index (χ4n) is 2.53. The number of ether oxygens (including phenoxy) is 1. The summed E-state index contributed by atoms with van der Waals surface area (Å²) in [6.07, 6.45) is 4.34. The van der Waals surface area contributed by atoms with E-state index in [-0.39, 0.29) is 36.4 Å². The molecule has 0 atom stereocenters. The van der Waals surface area contributed by atoms with Crippen molar-refractivity contribution < 1.29 is 9.53 Å². The van der Waals surface area contributed by atoms with Crippen LogP contribution in [-0.2, 0) is 22.6 Å². The molecule has 1 amide bonds. The number of nitrogens with zero attached hydrogens (tertiary/aromatic N) is 3. The maximum absolute atomic E-state index is 12.1. The molecule has 0 aliphatic carbocycles. The van der Waals surface area contributed by atoms with Crippen LogP contribution in [0.5, 0.6) is 0 Å². The predicted molar refractivity (Wildman–Crippen MR) is 127 cm³/mol. The molecule has 0 saturated carbocycles. The maximum Gasteiger partial charge on any atom is 0.246 e. The van der Waals surface area contributed by atoms with E-state index >= 15 is 0 Å². The number of halogens is 1. The molecule has 2 aromatic rings. The summed E-state index contributed by atoms with van der Waals surface area (Å²) in [4.78, 5) is 16.7. The number of guanidine groups is 1. The van der Waals surface area contributed by atoms with Crippen molar-refractivity contribution in [1.82, 2.24) is 20.4 Å². The van der Waals surface area contributed by atoms with E-state index in [1.807, 2.05) is 38.1 Å². The Bertz CT molecular complexity index is 736. The summed E-state index contributed by atoms with van der Waals surface area (Å²) < 4.78 is 6.93. The van der Waals surface area contributed by atoms with Gasteiger partial charge >= 0.3 is 0 Å². The lowest BCUT2D eigenvalue weighted by atomic mass is 10.2. The molecule has 1 aromatic heterocycles. The quantitative estimate of drug-likeness (QED) is 0.186. The summed E-state index contributed by atoms with van der Waals surface area (Å²) in [7, 11) is 0. The minimum atomic E-state index is -0.117.